The predicted molar refractivity (Wildman–Crippen MR) is 80.0 cm³/mol. The van der Waals surface area contributed by atoms with E-state index in [1.54, 1.807) is 6.92 Å². The van der Waals surface area contributed by atoms with Crippen molar-refractivity contribution in [3.63, 3.8) is 0 Å². The fourth-order valence-corrected chi connectivity index (χ4v) is 3.10. The van der Waals surface area contributed by atoms with Gasteiger partial charge in [0.15, 0.2) is 8.32 Å². The summed E-state index contributed by atoms with van der Waals surface area (Å²) in [6.07, 6.45) is 0.598. The minimum absolute atomic E-state index is 0.0538. The summed E-state index contributed by atoms with van der Waals surface area (Å²) in [5, 5.41) is 11.8. The van der Waals surface area contributed by atoms with Gasteiger partial charge in [-0.25, -0.2) is 0 Å². The molecule has 1 heterocycles. The number of carboxylic acids is 1. The van der Waals surface area contributed by atoms with Gasteiger partial charge in [-0.15, -0.1) is 0 Å². The molecule has 116 valence electrons. The Hall–Kier alpha value is -0.883. The third-order valence-corrected chi connectivity index (χ3v) is 9.24. The number of β-lactam (4-membered cyclic amide) rings is 1. The maximum absolute atomic E-state index is 11.6. The number of amides is 1. The smallest absolute Gasteiger partial charge is 0.308 e. The lowest BCUT2D eigenvalue weighted by Crippen LogP contribution is -2.62. The van der Waals surface area contributed by atoms with E-state index in [1.165, 1.54) is 0 Å². The van der Waals surface area contributed by atoms with Gasteiger partial charge < -0.3 is 14.8 Å². The van der Waals surface area contributed by atoms with Gasteiger partial charge in [-0.3, -0.25) is 9.59 Å². The van der Waals surface area contributed by atoms with Gasteiger partial charge in [0.2, 0.25) is 5.91 Å². The summed E-state index contributed by atoms with van der Waals surface area (Å²) in [6.45, 7) is 13.0. The Morgan fingerprint density at radius 3 is 2.40 bits per heavy atom. The number of aliphatic carboxylic acids is 1. The van der Waals surface area contributed by atoms with Crippen molar-refractivity contribution in [2.45, 2.75) is 58.3 Å². The van der Waals surface area contributed by atoms with E-state index >= 15 is 0 Å². The third kappa shape index (κ3) is 3.61. The molecule has 1 saturated heterocycles. The van der Waals surface area contributed by atoms with Crippen LogP contribution in [0.15, 0.2) is 0 Å². The number of nitrogens with one attached hydrogen (secondary N) is 1. The highest BCUT2D eigenvalue weighted by molar-refractivity contribution is 6.74. The van der Waals surface area contributed by atoms with Crippen LogP contribution in [0.4, 0.5) is 0 Å². The maximum atomic E-state index is 11.6. The number of carbonyl (C=O) groups excluding carboxylic acids is 1. The van der Waals surface area contributed by atoms with Crippen LogP contribution in [0.1, 0.15) is 34.1 Å². The minimum Gasteiger partial charge on any atom is -0.481 e. The Morgan fingerprint density at radius 2 is 2.00 bits per heavy atom. The molecule has 5 nitrogen and oxygen atoms in total. The zero-order valence-electron chi connectivity index (χ0n) is 13.3. The summed E-state index contributed by atoms with van der Waals surface area (Å²) in [6, 6.07) is -0.261. The zero-order valence-corrected chi connectivity index (χ0v) is 14.3. The van der Waals surface area contributed by atoms with Crippen molar-refractivity contribution in [1.82, 2.24) is 5.32 Å². The molecule has 20 heavy (non-hydrogen) atoms. The average molecular weight is 301 g/mol. The first-order valence-corrected chi connectivity index (χ1v) is 10.1. The Kier molecular flexibility index (Phi) is 5.02. The fraction of sp³-hybridized carbons (Fsp3) is 0.857. The topological polar surface area (TPSA) is 75.6 Å². The lowest BCUT2D eigenvalue weighted by Gasteiger charge is -2.41. The van der Waals surface area contributed by atoms with Crippen LogP contribution >= 0.6 is 0 Å². The summed E-state index contributed by atoms with van der Waals surface area (Å²) in [7, 11) is -1.80. The second kappa shape index (κ2) is 5.85. The van der Waals surface area contributed by atoms with Gasteiger partial charge in [0.05, 0.1) is 17.9 Å². The SMILES string of the molecule is C[C@@H](C(=O)O)[C@@H]1NC(=O)[C@@H]1CCO[Si](C)(C)C(C)(C)C. The van der Waals surface area contributed by atoms with Crippen molar-refractivity contribution in [2.75, 3.05) is 6.61 Å². The molecule has 0 aromatic carbocycles. The summed E-state index contributed by atoms with van der Waals surface area (Å²) >= 11 is 0. The highest BCUT2D eigenvalue weighted by Gasteiger charge is 2.45. The largest absolute Gasteiger partial charge is 0.481 e. The van der Waals surface area contributed by atoms with Gasteiger partial charge in [0.25, 0.3) is 0 Å². The molecule has 0 unspecified atom stereocenters. The molecule has 0 aromatic rings. The van der Waals surface area contributed by atoms with E-state index in [4.69, 9.17) is 9.53 Å². The average Bonchev–Trinajstić information content (AvgIpc) is 2.28. The van der Waals surface area contributed by atoms with Gasteiger partial charge in [0, 0.05) is 6.61 Å². The molecule has 0 bridgehead atoms. The Bertz CT molecular complexity index is 389. The molecule has 1 amide bonds. The molecule has 0 saturated carbocycles. The van der Waals surface area contributed by atoms with Gasteiger partial charge in [-0.05, 0) is 31.5 Å². The van der Waals surface area contributed by atoms with Crippen LogP contribution in [0.2, 0.25) is 18.1 Å². The number of hydrogen-bond acceptors (Lipinski definition) is 3. The maximum Gasteiger partial charge on any atom is 0.308 e. The Morgan fingerprint density at radius 1 is 1.45 bits per heavy atom. The summed E-state index contributed by atoms with van der Waals surface area (Å²) in [5.74, 6) is -1.70. The lowest BCUT2D eigenvalue weighted by molar-refractivity contribution is -0.148. The van der Waals surface area contributed by atoms with Crippen molar-refractivity contribution in [2.24, 2.45) is 11.8 Å². The van der Waals surface area contributed by atoms with Crippen molar-refractivity contribution < 1.29 is 19.1 Å². The van der Waals surface area contributed by atoms with Crippen LogP contribution in [0.3, 0.4) is 0 Å². The predicted octanol–water partition coefficient (Wildman–Crippen LogP) is 2.23. The number of carboxylic acid groups (broad SMARTS) is 1. The fourth-order valence-electron chi connectivity index (χ4n) is 2.03. The first-order valence-electron chi connectivity index (χ1n) is 7.14. The number of rotatable bonds is 6. The van der Waals surface area contributed by atoms with E-state index in [0.717, 1.165) is 0 Å². The quantitative estimate of drug-likeness (QED) is 0.583. The number of hydrogen-bond donors (Lipinski definition) is 2. The lowest BCUT2D eigenvalue weighted by atomic mass is 9.80. The Labute approximate surface area is 122 Å². The van der Waals surface area contributed by atoms with Crippen LogP contribution in [-0.4, -0.2) is 37.9 Å². The standard InChI is InChI=1S/C14H27NO4Si/c1-9(13(17)18)11-10(12(16)15-11)7-8-19-20(5,6)14(2,3)4/h9-11H,7-8H2,1-6H3,(H,15,16)(H,17,18)/t9-,10-,11+/m1/s1. The van der Waals surface area contributed by atoms with E-state index in [0.29, 0.717) is 13.0 Å². The highest BCUT2D eigenvalue weighted by atomic mass is 28.4. The summed E-state index contributed by atoms with van der Waals surface area (Å²) in [4.78, 5) is 22.5. The van der Waals surface area contributed by atoms with E-state index < -0.39 is 20.2 Å². The van der Waals surface area contributed by atoms with Gasteiger partial charge in [0.1, 0.15) is 0 Å². The normalized spacial score (nSPS) is 24.8. The van der Waals surface area contributed by atoms with Gasteiger partial charge in [-0.2, -0.15) is 0 Å². The van der Waals surface area contributed by atoms with E-state index in [1.807, 2.05) is 0 Å². The van der Waals surface area contributed by atoms with Crippen LogP contribution in [-0.2, 0) is 14.0 Å². The molecule has 6 heteroatoms. The number of carbonyl (C=O) groups is 2. The molecule has 1 aliphatic heterocycles. The third-order valence-electron chi connectivity index (χ3n) is 4.71. The summed E-state index contributed by atoms with van der Waals surface area (Å²) < 4.78 is 6.05. The molecule has 0 spiro atoms. The van der Waals surface area contributed by atoms with Crippen molar-refractivity contribution in [1.29, 1.82) is 0 Å². The highest BCUT2D eigenvalue weighted by Crippen LogP contribution is 2.37. The van der Waals surface area contributed by atoms with Crippen LogP contribution in [0.5, 0.6) is 0 Å². The molecule has 0 radical (unpaired) electrons. The Balaban J connectivity index is 2.49. The molecule has 1 rings (SSSR count). The van der Waals surface area contributed by atoms with E-state index in [9.17, 15) is 9.59 Å². The molecule has 1 aliphatic rings. The molecule has 3 atom stereocenters. The minimum atomic E-state index is -1.80. The van der Waals surface area contributed by atoms with Crippen LogP contribution in [0.25, 0.3) is 0 Å². The summed E-state index contributed by atoms with van der Waals surface area (Å²) in [5.41, 5.74) is 0. The van der Waals surface area contributed by atoms with Crippen molar-refractivity contribution in [3.8, 4) is 0 Å². The monoisotopic (exact) mass is 301 g/mol. The van der Waals surface area contributed by atoms with E-state index in [-0.39, 0.29) is 22.9 Å². The van der Waals surface area contributed by atoms with Gasteiger partial charge >= 0.3 is 5.97 Å². The second-order valence-electron chi connectivity index (χ2n) is 7.17. The molecular formula is C14H27NO4Si. The first-order chi connectivity index (χ1) is 8.97. The first kappa shape index (κ1) is 17.2. The molecule has 1 fully saturated rings. The molecule has 2 N–H and O–H groups in total. The van der Waals surface area contributed by atoms with Gasteiger partial charge in [-0.1, -0.05) is 20.8 Å². The molecule has 0 aromatic heterocycles. The molecule has 0 aliphatic carbocycles. The van der Waals surface area contributed by atoms with Crippen LogP contribution in [0, 0.1) is 11.8 Å². The second-order valence-corrected chi connectivity index (χ2v) is 12.0. The van der Waals surface area contributed by atoms with Crippen LogP contribution < -0.4 is 5.32 Å². The molecular weight excluding hydrogens is 274 g/mol. The van der Waals surface area contributed by atoms with Crippen molar-refractivity contribution >= 4 is 20.2 Å². The zero-order chi connectivity index (χ0) is 15.7. The van der Waals surface area contributed by atoms with E-state index in [2.05, 4.69) is 39.2 Å². The van der Waals surface area contributed by atoms with Crippen molar-refractivity contribution in [3.05, 3.63) is 0 Å².